The largest absolute Gasteiger partial charge is 0.450 e. The van der Waals surface area contributed by atoms with Gasteiger partial charge < -0.3 is 4.74 Å². The van der Waals surface area contributed by atoms with E-state index >= 15 is 0 Å². The summed E-state index contributed by atoms with van der Waals surface area (Å²) < 4.78 is 4.93. The Labute approximate surface area is 71.9 Å². The molecule has 0 bridgehead atoms. The van der Waals surface area contributed by atoms with Gasteiger partial charge in [-0.05, 0) is 25.2 Å². The molecule has 2 atom stereocenters. The Balaban J connectivity index is 2.35. The van der Waals surface area contributed by atoms with Crippen molar-refractivity contribution in [2.75, 3.05) is 0 Å². The lowest BCUT2D eigenvalue weighted by Crippen LogP contribution is -2.26. The predicted octanol–water partition coefficient (Wildman–Crippen LogP) is 2.94. The molecule has 1 saturated carbocycles. The van der Waals surface area contributed by atoms with Gasteiger partial charge in [-0.15, -0.1) is 0 Å². The van der Waals surface area contributed by atoms with E-state index < -0.39 is 5.43 Å². The van der Waals surface area contributed by atoms with Gasteiger partial charge in [0.15, 0.2) is 0 Å². The van der Waals surface area contributed by atoms with E-state index in [0.29, 0.717) is 5.92 Å². The molecule has 0 N–H and O–H groups in total. The van der Waals surface area contributed by atoms with Crippen molar-refractivity contribution in [3.8, 4) is 0 Å². The summed E-state index contributed by atoms with van der Waals surface area (Å²) in [7, 11) is 0. The highest BCUT2D eigenvalue weighted by atomic mass is 35.5. The summed E-state index contributed by atoms with van der Waals surface area (Å²) in [6.07, 6.45) is 4.58. The van der Waals surface area contributed by atoms with Crippen LogP contribution in [0.2, 0.25) is 0 Å². The topological polar surface area (TPSA) is 26.3 Å². The van der Waals surface area contributed by atoms with Gasteiger partial charge in [-0.1, -0.05) is 13.3 Å². The van der Waals surface area contributed by atoms with Crippen molar-refractivity contribution in [2.45, 2.75) is 38.7 Å². The fraction of sp³-hybridized carbons (Fsp3) is 0.875. The molecule has 0 aliphatic heterocycles. The summed E-state index contributed by atoms with van der Waals surface area (Å²) in [4.78, 5) is 10.4. The van der Waals surface area contributed by atoms with Crippen molar-refractivity contribution in [3.05, 3.63) is 0 Å². The third-order valence-electron chi connectivity index (χ3n) is 2.28. The molecule has 0 radical (unpaired) electrons. The lowest BCUT2D eigenvalue weighted by molar-refractivity contribution is 0.0597. The number of rotatable bonds is 1. The van der Waals surface area contributed by atoms with E-state index in [0.717, 1.165) is 19.3 Å². The highest BCUT2D eigenvalue weighted by Gasteiger charge is 2.23. The van der Waals surface area contributed by atoms with Gasteiger partial charge in [-0.3, -0.25) is 0 Å². The third-order valence-corrected chi connectivity index (χ3v) is 2.37. The maximum absolute atomic E-state index is 10.4. The molecule has 11 heavy (non-hydrogen) atoms. The Morgan fingerprint density at radius 3 is 2.64 bits per heavy atom. The van der Waals surface area contributed by atoms with Crippen molar-refractivity contribution >= 4 is 17.0 Å². The van der Waals surface area contributed by atoms with E-state index in [2.05, 4.69) is 6.92 Å². The van der Waals surface area contributed by atoms with Gasteiger partial charge in [0.25, 0.3) is 0 Å². The smallest absolute Gasteiger partial charge is 0.404 e. The second-order valence-corrected chi connectivity index (χ2v) is 3.46. The van der Waals surface area contributed by atoms with Crippen molar-refractivity contribution in [2.24, 2.45) is 5.92 Å². The van der Waals surface area contributed by atoms with Gasteiger partial charge >= 0.3 is 5.43 Å². The average molecular weight is 177 g/mol. The molecule has 0 spiro atoms. The van der Waals surface area contributed by atoms with Crippen molar-refractivity contribution in [1.82, 2.24) is 0 Å². The van der Waals surface area contributed by atoms with E-state index in [1.54, 1.807) is 0 Å². The number of halogens is 1. The van der Waals surface area contributed by atoms with E-state index in [-0.39, 0.29) is 6.10 Å². The highest BCUT2D eigenvalue weighted by Crippen LogP contribution is 2.26. The molecule has 1 aliphatic carbocycles. The van der Waals surface area contributed by atoms with E-state index in [1.807, 2.05) is 0 Å². The van der Waals surface area contributed by atoms with Crippen LogP contribution < -0.4 is 0 Å². The number of carbonyl (C=O) groups is 1. The van der Waals surface area contributed by atoms with Crippen molar-refractivity contribution < 1.29 is 9.53 Å². The molecule has 0 amide bonds. The van der Waals surface area contributed by atoms with Gasteiger partial charge in [0.2, 0.25) is 0 Å². The number of carbonyl (C=O) groups excluding carboxylic acids is 1. The summed E-state index contributed by atoms with van der Waals surface area (Å²) in [5.41, 5.74) is -0.663. The fourth-order valence-corrected chi connectivity index (χ4v) is 1.69. The second kappa shape index (κ2) is 3.96. The molecule has 2 nitrogen and oxygen atoms in total. The monoisotopic (exact) mass is 176 g/mol. The Bertz CT molecular complexity index is 147. The molecule has 1 aliphatic rings. The van der Waals surface area contributed by atoms with Crippen LogP contribution in [0.1, 0.15) is 32.6 Å². The minimum absolute atomic E-state index is 0.0637. The molecule has 0 aromatic rings. The van der Waals surface area contributed by atoms with Crippen LogP contribution in [0.15, 0.2) is 0 Å². The third kappa shape index (κ3) is 2.70. The summed E-state index contributed by atoms with van der Waals surface area (Å²) in [5, 5.41) is 0. The van der Waals surface area contributed by atoms with Gasteiger partial charge in [0, 0.05) is 11.6 Å². The van der Waals surface area contributed by atoms with Crippen LogP contribution in [0.4, 0.5) is 4.79 Å². The summed E-state index contributed by atoms with van der Waals surface area (Å²) in [6.45, 7) is 2.10. The maximum atomic E-state index is 10.4. The predicted molar refractivity (Wildman–Crippen MR) is 43.8 cm³/mol. The molecular weight excluding hydrogens is 164 g/mol. The first kappa shape index (κ1) is 8.85. The Kier molecular flexibility index (Phi) is 3.18. The quantitative estimate of drug-likeness (QED) is 0.575. The zero-order valence-corrected chi connectivity index (χ0v) is 7.43. The minimum atomic E-state index is -0.663. The lowest BCUT2D eigenvalue weighted by atomic mass is 9.88. The van der Waals surface area contributed by atoms with Gasteiger partial charge in [0.05, 0.1) is 0 Å². The molecule has 1 fully saturated rings. The molecule has 2 unspecified atom stereocenters. The first-order valence-corrected chi connectivity index (χ1v) is 4.44. The Hall–Kier alpha value is -0.240. The standard InChI is InChI=1S/C8H13ClO2/c1-6-4-2-3-5-7(6)11-8(9)10/h6-7H,2-5H2,1H3. The minimum Gasteiger partial charge on any atom is -0.450 e. The molecular formula is C8H13ClO2. The Morgan fingerprint density at radius 1 is 1.45 bits per heavy atom. The fourth-order valence-electron chi connectivity index (χ4n) is 1.58. The number of hydrogen-bond acceptors (Lipinski definition) is 2. The molecule has 64 valence electrons. The number of hydrogen-bond donors (Lipinski definition) is 0. The second-order valence-electron chi connectivity index (χ2n) is 3.16. The van der Waals surface area contributed by atoms with Crippen LogP contribution in [0.5, 0.6) is 0 Å². The first-order chi connectivity index (χ1) is 5.20. The first-order valence-electron chi connectivity index (χ1n) is 4.06. The molecule has 0 saturated heterocycles. The van der Waals surface area contributed by atoms with E-state index in [1.165, 1.54) is 6.42 Å². The lowest BCUT2D eigenvalue weighted by Gasteiger charge is -2.27. The van der Waals surface area contributed by atoms with Gasteiger partial charge in [-0.2, -0.15) is 0 Å². The van der Waals surface area contributed by atoms with Crippen LogP contribution >= 0.6 is 11.6 Å². The SMILES string of the molecule is CC1CCCCC1OC(=O)Cl. The maximum Gasteiger partial charge on any atom is 0.404 e. The van der Waals surface area contributed by atoms with Gasteiger partial charge in [-0.25, -0.2) is 4.79 Å². The van der Waals surface area contributed by atoms with Crippen LogP contribution in [-0.4, -0.2) is 11.5 Å². The van der Waals surface area contributed by atoms with E-state index in [4.69, 9.17) is 16.3 Å². The van der Waals surface area contributed by atoms with Crippen LogP contribution in [0, 0.1) is 5.92 Å². The van der Waals surface area contributed by atoms with Crippen LogP contribution in [0.25, 0.3) is 0 Å². The zero-order valence-electron chi connectivity index (χ0n) is 6.68. The Morgan fingerprint density at radius 2 is 2.09 bits per heavy atom. The summed E-state index contributed by atoms with van der Waals surface area (Å²) in [6, 6.07) is 0. The average Bonchev–Trinajstić information content (AvgIpc) is 1.93. The zero-order chi connectivity index (χ0) is 8.27. The molecule has 0 aromatic heterocycles. The van der Waals surface area contributed by atoms with Crippen LogP contribution in [0.3, 0.4) is 0 Å². The van der Waals surface area contributed by atoms with Crippen LogP contribution in [-0.2, 0) is 4.74 Å². The molecule has 0 aromatic carbocycles. The summed E-state index contributed by atoms with van der Waals surface area (Å²) >= 11 is 5.12. The van der Waals surface area contributed by atoms with E-state index in [9.17, 15) is 4.79 Å². The highest BCUT2D eigenvalue weighted by molar-refractivity contribution is 6.61. The normalized spacial score (nSPS) is 31.5. The molecule has 3 heteroatoms. The summed E-state index contributed by atoms with van der Waals surface area (Å²) in [5.74, 6) is 0.478. The number of ether oxygens (including phenoxy) is 1. The van der Waals surface area contributed by atoms with Gasteiger partial charge in [0.1, 0.15) is 6.10 Å². The van der Waals surface area contributed by atoms with Crippen molar-refractivity contribution in [1.29, 1.82) is 0 Å². The van der Waals surface area contributed by atoms with Crippen molar-refractivity contribution in [3.63, 3.8) is 0 Å². The molecule has 0 heterocycles. The molecule has 1 rings (SSSR count).